The van der Waals surface area contributed by atoms with Gasteiger partial charge in [-0.25, -0.2) is 4.79 Å². The van der Waals surface area contributed by atoms with Crippen LogP contribution in [-0.4, -0.2) is 53.7 Å². The Hall–Kier alpha value is -3.88. The van der Waals surface area contributed by atoms with Crippen LogP contribution in [0.25, 0.3) is 11.1 Å². The topological polar surface area (TPSA) is 125 Å². The van der Waals surface area contributed by atoms with Gasteiger partial charge in [0.2, 0.25) is 0 Å². The van der Waals surface area contributed by atoms with Crippen molar-refractivity contribution in [3.05, 3.63) is 89.0 Å². The van der Waals surface area contributed by atoms with Crippen molar-refractivity contribution < 1.29 is 34.4 Å². The van der Waals surface area contributed by atoms with Crippen molar-refractivity contribution in [1.29, 1.82) is 0 Å². The molecule has 1 aliphatic rings. The standard InChI is InChI=1S/C27H27NO7/c1-34-24-11-10-16(13-25(30)31)12-21(24)26(32)23(29)14-28-27(33)35-15-22-19-8-4-2-6-17(19)18-7-3-5-9-20(18)22/h2-12,22-23,26,29,32H,13-15H2,1H3,(H,28,33)(H,30,31). The largest absolute Gasteiger partial charge is 0.496 e. The van der Waals surface area contributed by atoms with Crippen LogP contribution in [0.5, 0.6) is 5.75 Å². The summed E-state index contributed by atoms with van der Waals surface area (Å²) in [5.74, 6) is -0.815. The van der Waals surface area contributed by atoms with Crippen LogP contribution in [-0.2, 0) is 16.0 Å². The molecule has 4 rings (SSSR count). The van der Waals surface area contributed by atoms with Crippen molar-refractivity contribution in [2.24, 2.45) is 0 Å². The maximum absolute atomic E-state index is 12.4. The predicted molar refractivity (Wildman–Crippen MR) is 128 cm³/mol. The molecule has 3 aromatic carbocycles. The van der Waals surface area contributed by atoms with Crippen molar-refractivity contribution in [2.45, 2.75) is 24.5 Å². The molecule has 2 atom stereocenters. The molecule has 0 saturated heterocycles. The van der Waals surface area contributed by atoms with Crippen LogP contribution in [0.2, 0.25) is 0 Å². The fourth-order valence-electron chi connectivity index (χ4n) is 4.46. The second-order valence-electron chi connectivity index (χ2n) is 8.37. The summed E-state index contributed by atoms with van der Waals surface area (Å²) < 4.78 is 10.7. The molecule has 1 amide bonds. The average molecular weight is 478 g/mol. The highest BCUT2D eigenvalue weighted by Crippen LogP contribution is 2.44. The minimum atomic E-state index is -1.41. The number of hydrogen-bond acceptors (Lipinski definition) is 6. The number of nitrogens with one attached hydrogen (secondary N) is 1. The van der Waals surface area contributed by atoms with E-state index in [1.54, 1.807) is 6.07 Å². The molecule has 4 N–H and O–H groups in total. The summed E-state index contributed by atoms with van der Waals surface area (Å²) in [5.41, 5.74) is 5.09. The van der Waals surface area contributed by atoms with Gasteiger partial charge in [-0.2, -0.15) is 0 Å². The third kappa shape index (κ3) is 5.29. The van der Waals surface area contributed by atoms with Crippen LogP contribution in [0.3, 0.4) is 0 Å². The first-order valence-corrected chi connectivity index (χ1v) is 11.2. The monoisotopic (exact) mass is 477 g/mol. The lowest BCUT2D eigenvalue weighted by Gasteiger charge is -2.21. The smallest absolute Gasteiger partial charge is 0.407 e. The molecule has 2 unspecified atom stereocenters. The zero-order valence-electron chi connectivity index (χ0n) is 19.2. The zero-order valence-corrected chi connectivity index (χ0v) is 19.2. The molecule has 0 radical (unpaired) electrons. The second kappa shape index (κ2) is 10.6. The number of rotatable bonds is 9. The number of carboxylic acids is 1. The van der Waals surface area contributed by atoms with E-state index in [0.717, 1.165) is 22.3 Å². The summed E-state index contributed by atoms with van der Waals surface area (Å²) in [5, 5.41) is 32.6. The lowest BCUT2D eigenvalue weighted by atomic mass is 9.98. The summed E-state index contributed by atoms with van der Waals surface area (Å²) in [6, 6.07) is 20.6. The molecular weight excluding hydrogens is 450 g/mol. The molecule has 3 aromatic rings. The number of carboxylic acid groups (broad SMARTS) is 1. The van der Waals surface area contributed by atoms with Gasteiger partial charge in [-0.05, 0) is 39.9 Å². The predicted octanol–water partition coefficient (Wildman–Crippen LogP) is 3.26. The van der Waals surface area contributed by atoms with Crippen LogP contribution in [0.1, 0.15) is 34.3 Å². The summed E-state index contributed by atoms with van der Waals surface area (Å²) in [7, 11) is 1.41. The van der Waals surface area contributed by atoms with Gasteiger partial charge in [-0.15, -0.1) is 0 Å². The first-order chi connectivity index (χ1) is 16.9. The van der Waals surface area contributed by atoms with E-state index in [2.05, 4.69) is 5.32 Å². The fraction of sp³-hybridized carbons (Fsp3) is 0.259. The molecule has 35 heavy (non-hydrogen) atoms. The fourth-order valence-corrected chi connectivity index (χ4v) is 4.46. The molecule has 0 spiro atoms. The maximum Gasteiger partial charge on any atom is 0.407 e. The molecule has 1 aliphatic carbocycles. The second-order valence-corrected chi connectivity index (χ2v) is 8.37. The lowest BCUT2D eigenvalue weighted by molar-refractivity contribution is -0.136. The summed E-state index contributed by atoms with van der Waals surface area (Å²) in [6.45, 7) is -0.145. The van der Waals surface area contributed by atoms with Gasteiger partial charge in [-0.1, -0.05) is 54.6 Å². The molecule has 8 heteroatoms. The highest BCUT2D eigenvalue weighted by atomic mass is 16.5. The van der Waals surface area contributed by atoms with Crippen molar-refractivity contribution in [2.75, 3.05) is 20.3 Å². The number of carbonyl (C=O) groups excluding carboxylic acids is 1. The van der Waals surface area contributed by atoms with Crippen LogP contribution in [0.15, 0.2) is 66.7 Å². The van der Waals surface area contributed by atoms with Crippen LogP contribution in [0, 0.1) is 0 Å². The lowest BCUT2D eigenvalue weighted by Crippen LogP contribution is -2.36. The molecule has 8 nitrogen and oxygen atoms in total. The van der Waals surface area contributed by atoms with E-state index in [1.807, 2.05) is 48.5 Å². The molecule has 0 aliphatic heterocycles. The summed E-state index contributed by atoms with van der Waals surface area (Å²) in [6.07, 6.45) is -3.74. The minimum Gasteiger partial charge on any atom is -0.496 e. The molecule has 0 heterocycles. The first-order valence-electron chi connectivity index (χ1n) is 11.2. The highest BCUT2D eigenvalue weighted by molar-refractivity contribution is 5.79. The van der Waals surface area contributed by atoms with Crippen molar-refractivity contribution in [3.8, 4) is 16.9 Å². The number of hydrogen-bond donors (Lipinski definition) is 4. The molecule has 0 aromatic heterocycles. The quantitative estimate of drug-likeness (QED) is 0.373. The summed E-state index contributed by atoms with van der Waals surface area (Å²) in [4.78, 5) is 23.4. The van der Waals surface area contributed by atoms with E-state index in [4.69, 9.17) is 14.6 Å². The van der Waals surface area contributed by atoms with Gasteiger partial charge in [0.1, 0.15) is 24.6 Å². The Morgan fingerprint density at radius 1 is 0.971 bits per heavy atom. The van der Waals surface area contributed by atoms with Gasteiger partial charge >= 0.3 is 12.1 Å². The Labute approximate surface area is 202 Å². The third-order valence-electron chi connectivity index (χ3n) is 6.13. The number of aliphatic carboxylic acids is 1. The van der Waals surface area contributed by atoms with Gasteiger partial charge < -0.3 is 30.1 Å². The van der Waals surface area contributed by atoms with Crippen LogP contribution >= 0.6 is 0 Å². The molecular formula is C27H27NO7. The van der Waals surface area contributed by atoms with Crippen molar-refractivity contribution in [3.63, 3.8) is 0 Å². The van der Waals surface area contributed by atoms with Gasteiger partial charge in [0.25, 0.3) is 0 Å². The molecule has 182 valence electrons. The number of methoxy groups -OCH3 is 1. The Morgan fingerprint density at radius 3 is 2.20 bits per heavy atom. The Kier molecular flexibility index (Phi) is 7.33. The van der Waals surface area contributed by atoms with E-state index < -0.39 is 24.3 Å². The number of aliphatic hydroxyl groups excluding tert-OH is 2. The van der Waals surface area contributed by atoms with E-state index in [0.29, 0.717) is 11.3 Å². The molecule has 0 saturated carbocycles. The number of ether oxygens (including phenoxy) is 2. The van der Waals surface area contributed by atoms with E-state index in [1.165, 1.54) is 19.2 Å². The number of benzene rings is 3. The SMILES string of the molecule is COc1ccc(CC(=O)O)cc1C(O)C(O)CNC(=O)OCC1c2ccccc2-c2ccccc21. The first kappa shape index (κ1) is 24.3. The van der Waals surface area contributed by atoms with E-state index >= 15 is 0 Å². The van der Waals surface area contributed by atoms with Crippen LogP contribution in [0.4, 0.5) is 4.79 Å². The van der Waals surface area contributed by atoms with Gasteiger partial charge in [0, 0.05) is 18.0 Å². The van der Waals surface area contributed by atoms with Gasteiger partial charge in [0.05, 0.1) is 13.5 Å². The third-order valence-corrected chi connectivity index (χ3v) is 6.13. The number of carbonyl (C=O) groups is 2. The number of aliphatic hydroxyl groups is 2. The van der Waals surface area contributed by atoms with Gasteiger partial charge in [-0.3, -0.25) is 4.79 Å². The normalized spacial score (nSPS) is 13.9. The van der Waals surface area contributed by atoms with Gasteiger partial charge in [0.15, 0.2) is 0 Å². The Balaban J connectivity index is 1.36. The Morgan fingerprint density at radius 2 is 1.60 bits per heavy atom. The summed E-state index contributed by atoms with van der Waals surface area (Å²) >= 11 is 0. The van der Waals surface area contributed by atoms with Crippen molar-refractivity contribution in [1.82, 2.24) is 5.32 Å². The van der Waals surface area contributed by atoms with E-state index in [-0.39, 0.29) is 31.1 Å². The number of amides is 1. The molecule has 0 fully saturated rings. The molecule has 0 bridgehead atoms. The minimum absolute atomic E-state index is 0.0927. The Bertz CT molecular complexity index is 1180. The number of fused-ring (bicyclic) bond motifs is 3. The van der Waals surface area contributed by atoms with Crippen LogP contribution < -0.4 is 10.1 Å². The maximum atomic E-state index is 12.4. The highest BCUT2D eigenvalue weighted by Gasteiger charge is 2.29. The van der Waals surface area contributed by atoms with Crippen molar-refractivity contribution >= 4 is 12.1 Å². The average Bonchev–Trinajstić information content (AvgIpc) is 3.19. The number of alkyl carbamates (subject to hydrolysis) is 1. The van der Waals surface area contributed by atoms with E-state index in [9.17, 15) is 19.8 Å². The zero-order chi connectivity index (χ0) is 24.9.